The van der Waals surface area contributed by atoms with Gasteiger partial charge in [-0.15, -0.1) is 0 Å². The number of rotatable bonds is 9. The SMILES string of the molecule is CC[C@H](C(=O)NC(C)(C)C)N(Cc1ccc(Cl)c(Cl)c1)C(=O)CN(c1ccc(Cl)cc1)S(C)(=O)=O. The van der Waals surface area contributed by atoms with Gasteiger partial charge in [0.1, 0.15) is 12.6 Å². The standard InChI is InChI=1S/C24H30Cl3N3O4S/c1-6-21(23(32)28-24(2,3)4)29(14-16-7-12-19(26)20(27)13-16)22(31)15-30(35(5,33)34)18-10-8-17(25)9-11-18/h7-13,21H,6,14-15H2,1-5H3,(H,28,32)/t21-/m1/s1. The summed E-state index contributed by atoms with van der Waals surface area (Å²) in [5.74, 6) is -0.891. The van der Waals surface area contributed by atoms with Crippen LogP contribution in [0.5, 0.6) is 0 Å². The van der Waals surface area contributed by atoms with Gasteiger partial charge < -0.3 is 10.2 Å². The van der Waals surface area contributed by atoms with E-state index in [4.69, 9.17) is 34.8 Å². The van der Waals surface area contributed by atoms with E-state index in [0.717, 1.165) is 10.6 Å². The molecule has 0 aromatic heterocycles. The van der Waals surface area contributed by atoms with Gasteiger partial charge in [0.2, 0.25) is 21.8 Å². The molecule has 0 aliphatic heterocycles. The second-order valence-electron chi connectivity index (χ2n) is 9.18. The number of nitrogens with zero attached hydrogens (tertiary/aromatic N) is 2. The molecule has 192 valence electrons. The first-order valence-electron chi connectivity index (χ1n) is 10.9. The lowest BCUT2D eigenvalue weighted by Crippen LogP contribution is -2.55. The van der Waals surface area contributed by atoms with Crippen molar-refractivity contribution in [1.82, 2.24) is 10.2 Å². The van der Waals surface area contributed by atoms with Crippen molar-refractivity contribution in [3.05, 3.63) is 63.1 Å². The Bertz CT molecular complexity index is 1170. The van der Waals surface area contributed by atoms with Crippen LogP contribution in [0.15, 0.2) is 42.5 Å². The first-order chi connectivity index (χ1) is 16.1. The minimum atomic E-state index is -3.82. The average Bonchev–Trinajstić information content (AvgIpc) is 2.73. The molecule has 0 bridgehead atoms. The molecule has 1 atom stereocenters. The van der Waals surface area contributed by atoms with Crippen molar-refractivity contribution in [1.29, 1.82) is 0 Å². The summed E-state index contributed by atoms with van der Waals surface area (Å²) in [4.78, 5) is 28.1. The van der Waals surface area contributed by atoms with Gasteiger partial charge in [0.15, 0.2) is 0 Å². The van der Waals surface area contributed by atoms with Crippen LogP contribution in [0, 0.1) is 0 Å². The lowest BCUT2D eigenvalue weighted by molar-refractivity contribution is -0.141. The summed E-state index contributed by atoms with van der Waals surface area (Å²) >= 11 is 18.1. The largest absolute Gasteiger partial charge is 0.350 e. The number of hydrogen-bond donors (Lipinski definition) is 1. The van der Waals surface area contributed by atoms with Gasteiger partial charge in [-0.2, -0.15) is 0 Å². The first kappa shape index (κ1) is 29.2. The molecule has 0 saturated carbocycles. The minimum absolute atomic E-state index is 0.0318. The van der Waals surface area contributed by atoms with E-state index in [1.165, 1.54) is 17.0 Å². The van der Waals surface area contributed by atoms with Crippen molar-refractivity contribution < 1.29 is 18.0 Å². The van der Waals surface area contributed by atoms with E-state index < -0.39 is 34.1 Å². The normalized spacial score (nSPS) is 12.7. The summed E-state index contributed by atoms with van der Waals surface area (Å²) in [6.45, 7) is 6.85. The van der Waals surface area contributed by atoms with Crippen molar-refractivity contribution in [2.45, 2.75) is 52.2 Å². The molecule has 2 amide bonds. The molecular formula is C24H30Cl3N3O4S. The summed E-state index contributed by atoms with van der Waals surface area (Å²) in [6.07, 6.45) is 1.33. The number of hydrogen-bond acceptors (Lipinski definition) is 4. The van der Waals surface area contributed by atoms with Crippen LogP contribution in [-0.2, 0) is 26.2 Å². The number of carbonyl (C=O) groups excluding carboxylic acids is 2. The van der Waals surface area contributed by atoms with Crippen LogP contribution in [0.4, 0.5) is 5.69 Å². The second-order valence-corrected chi connectivity index (χ2v) is 12.3. The summed E-state index contributed by atoms with van der Waals surface area (Å²) < 4.78 is 26.2. The van der Waals surface area contributed by atoms with Gasteiger partial charge >= 0.3 is 0 Å². The van der Waals surface area contributed by atoms with Crippen molar-refractivity contribution in [3.8, 4) is 0 Å². The summed E-state index contributed by atoms with van der Waals surface area (Å²) in [7, 11) is -3.82. The number of nitrogens with one attached hydrogen (secondary N) is 1. The van der Waals surface area contributed by atoms with Gasteiger partial charge in [0.25, 0.3) is 0 Å². The minimum Gasteiger partial charge on any atom is -0.350 e. The molecule has 2 aromatic rings. The third-order valence-electron chi connectivity index (χ3n) is 5.01. The Morgan fingerprint density at radius 2 is 1.60 bits per heavy atom. The molecule has 0 unspecified atom stereocenters. The van der Waals surface area contributed by atoms with Gasteiger partial charge in [-0.05, 0) is 69.2 Å². The van der Waals surface area contributed by atoms with Crippen LogP contribution in [0.3, 0.4) is 0 Å². The Balaban J connectivity index is 2.47. The Morgan fingerprint density at radius 1 is 1.00 bits per heavy atom. The molecule has 35 heavy (non-hydrogen) atoms. The molecule has 0 radical (unpaired) electrons. The molecule has 0 aliphatic carbocycles. The van der Waals surface area contributed by atoms with Crippen LogP contribution in [0.25, 0.3) is 0 Å². The lowest BCUT2D eigenvalue weighted by Gasteiger charge is -2.34. The fraction of sp³-hybridized carbons (Fsp3) is 0.417. The molecule has 0 spiro atoms. The van der Waals surface area contributed by atoms with E-state index in [-0.39, 0.29) is 18.1 Å². The predicted molar refractivity (Wildman–Crippen MR) is 143 cm³/mol. The van der Waals surface area contributed by atoms with E-state index in [0.29, 0.717) is 27.1 Å². The van der Waals surface area contributed by atoms with Gasteiger partial charge in [-0.25, -0.2) is 8.42 Å². The van der Waals surface area contributed by atoms with E-state index in [1.54, 1.807) is 37.3 Å². The second kappa shape index (κ2) is 11.8. The van der Waals surface area contributed by atoms with Gasteiger partial charge in [-0.3, -0.25) is 13.9 Å². The van der Waals surface area contributed by atoms with Gasteiger partial charge in [0, 0.05) is 17.1 Å². The molecule has 11 heteroatoms. The average molecular weight is 563 g/mol. The van der Waals surface area contributed by atoms with Crippen molar-refractivity contribution in [2.75, 3.05) is 17.1 Å². The molecule has 0 fully saturated rings. The smallest absolute Gasteiger partial charge is 0.244 e. The Morgan fingerprint density at radius 3 is 2.09 bits per heavy atom. The Hall–Kier alpha value is -2.00. The van der Waals surface area contributed by atoms with Gasteiger partial charge in [0.05, 0.1) is 22.0 Å². The van der Waals surface area contributed by atoms with E-state index in [2.05, 4.69) is 5.32 Å². The number of amides is 2. The number of benzene rings is 2. The zero-order valence-corrected chi connectivity index (χ0v) is 23.4. The fourth-order valence-corrected chi connectivity index (χ4v) is 4.72. The van der Waals surface area contributed by atoms with Crippen molar-refractivity contribution >= 4 is 62.3 Å². The maximum absolute atomic E-state index is 13.6. The molecule has 1 N–H and O–H groups in total. The number of anilines is 1. The molecule has 0 aliphatic rings. The van der Waals surface area contributed by atoms with Crippen LogP contribution in [0.2, 0.25) is 15.1 Å². The Kier molecular flexibility index (Phi) is 9.87. The highest BCUT2D eigenvalue weighted by Gasteiger charge is 2.33. The van der Waals surface area contributed by atoms with Crippen LogP contribution >= 0.6 is 34.8 Å². The zero-order valence-electron chi connectivity index (χ0n) is 20.3. The molecule has 7 nitrogen and oxygen atoms in total. The highest BCUT2D eigenvalue weighted by Crippen LogP contribution is 2.25. The van der Waals surface area contributed by atoms with Crippen molar-refractivity contribution in [3.63, 3.8) is 0 Å². The van der Waals surface area contributed by atoms with E-state index in [1.807, 2.05) is 20.8 Å². The highest BCUT2D eigenvalue weighted by atomic mass is 35.5. The van der Waals surface area contributed by atoms with Gasteiger partial charge in [-0.1, -0.05) is 47.8 Å². The van der Waals surface area contributed by atoms with Crippen LogP contribution in [0.1, 0.15) is 39.7 Å². The third-order valence-corrected chi connectivity index (χ3v) is 7.15. The van der Waals surface area contributed by atoms with Crippen molar-refractivity contribution in [2.24, 2.45) is 0 Å². The maximum atomic E-state index is 13.6. The molecular weight excluding hydrogens is 533 g/mol. The number of sulfonamides is 1. The fourth-order valence-electron chi connectivity index (χ4n) is 3.43. The monoisotopic (exact) mass is 561 g/mol. The predicted octanol–water partition coefficient (Wildman–Crippen LogP) is 5.13. The molecule has 0 saturated heterocycles. The third kappa shape index (κ3) is 8.56. The quantitative estimate of drug-likeness (QED) is 0.459. The van der Waals surface area contributed by atoms with E-state index >= 15 is 0 Å². The summed E-state index contributed by atoms with van der Waals surface area (Å²) in [5.41, 5.74) is 0.407. The molecule has 2 rings (SSSR count). The zero-order chi connectivity index (χ0) is 26.6. The molecule has 0 heterocycles. The molecule has 2 aromatic carbocycles. The topological polar surface area (TPSA) is 86.8 Å². The number of halogens is 3. The van der Waals surface area contributed by atoms with E-state index in [9.17, 15) is 18.0 Å². The summed E-state index contributed by atoms with van der Waals surface area (Å²) in [6, 6.07) is 10.2. The first-order valence-corrected chi connectivity index (χ1v) is 13.9. The summed E-state index contributed by atoms with van der Waals surface area (Å²) in [5, 5.41) is 4.00. The maximum Gasteiger partial charge on any atom is 0.244 e. The van der Waals surface area contributed by atoms with Crippen LogP contribution in [-0.4, -0.2) is 49.5 Å². The highest BCUT2D eigenvalue weighted by molar-refractivity contribution is 7.92. The number of carbonyl (C=O) groups is 2. The Labute approximate surface area is 222 Å². The lowest BCUT2D eigenvalue weighted by atomic mass is 10.1. The van der Waals surface area contributed by atoms with Crippen LogP contribution < -0.4 is 9.62 Å².